The lowest BCUT2D eigenvalue weighted by molar-refractivity contribution is 1.29. The third-order valence-corrected chi connectivity index (χ3v) is 3.23. The lowest BCUT2D eigenvalue weighted by Gasteiger charge is -2.03. The third kappa shape index (κ3) is 1.94. The molecule has 0 aliphatic heterocycles. The lowest BCUT2D eigenvalue weighted by Crippen LogP contribution is -1.89. The summed E-state index contributed by atoms with van der Waals surface area (Å²) in [7, 11) is 0. The van der Waals surface area contributed by atoms with Gasteiger partial charge in [-0.05, 0) is 28.1 Å². The van der Waals surface area contributed by atoms with Crippen molar-refractivity contribution in [1.29, 1.82) is 0 Å². The molecule has 2 aromatic carbocycles. The number of hydrogen-bond acceptors (Lipinski definition) is 2. The van der Waals surface area contributed by atoms with E-state index in [1.807, 2.05) is 54.7 Å². The molecule has 0 aliphatic rings. The van der Waals surface area contributed by atoms with Gasteiger partial charge in [-0.15, -0.1) is 0 Å². The second kappa shape index (κ2) is 4.26. The monoisotopic (exact) mass is 284 g/mol. The van der Waals surface area contributed by atoms with Crippen LogP contribution in [-0.2, 0) is 0 Å². The van der Waals surface area contributed by atoms with Gasteiger partial charge >= 0.3 is 0 Å². The second-order valence-corrected chi connectivity index (χ2v) is 4.58. The Kier molecular flexibility index (Phi) is 2.61. The van der Waals surface area contributed by atoms with Gasteiger partial charge in [0, 0.05) is 10.0 Å². The molecule has 3 aromatic rings. The van der Waals surface area contributed by atoms with Gasteiger partial charge in [-0.1, -0.05) is 36.4 Å². The average Bonchev–Trinajstić information content (AvgIpc) is 2.40. The van der Waals surface area contributed by atoms with Gasteiger partial charge in [-0.25, -0.2) is 4.98 Å². The maximum absolute atomic E-state index is 4.64. The topological polar surface area (TPSA) is 25.8 Å². The normalized spacial score (nSPS) is 10.6. The Balaban J connectivity index is 2.23. The highest BCUT2D eigenvalue weighted by molar-refractivity contribution is 9.10. The third-order valence-electron chi connectivity index (χ3n) is 2.59. The summed E-state index contributed by atoms with van der Waals surface area (Å²) < 4.78 is 0.972. The van der Waals surface area contributed by atoms with E-state index in [-0.39, 0.29) is 0 Å². The summed E-state index contributed by atoms with van der Waals surface area (Å²) in [6.45, 7) is 0. The van der Waals surface area contributed by atoms with Crippen LogP contribution in [0.5, 0.6) is 0 Å². The first-order chi connectivity index (χ1) is 8.34. The summed E-state index contributed by atoms with van der Waals surface area (Å²) in [5.41, 5.74) is 3.77. The molecule has 17 heavy (non-hydrogen) atoms. The van der Waals surface area contributed by atoms with Gasteiger partial charge in [0.1, 0.15) is 5.52 Å². The van der Waals surface area contributed by atoms with E-state index < -0.39 is 0 Å². The standard InChI is InChI=1S/C14H9BrN2/c15-11-7-4-8-12-14(11)17-13(9-16-12)10-5-2-1-3-6-10/h1-9H. The summed E-state index contributed by atoms with van der Waals surface area (Å²) in [4.78, 5) is 9.06. The molecule has 82 valence electrons. The minimum absolute atomic E-state index is 0.894. The van der Waals surface area contributed by atoms with Crippen molar-refractivity contribution in [2.45, 2.75) is 0 Å². The molecule has 0 spiro atoms. The van der Waals surface area contributed by atoms with Gasteiger partial charge < -0.3 is 0 Å². The van der Waals surface area contributed by atoms with Crippen LogP contribution in [0.3, 0.4) is 0 Å². The molecule has 3 rings (SSSR count). The highest BCUT2D eigenvalue weighted by atomic mass is 79.9. The Hall–Kier alpha value is -1.74. The number of rotatable bonds is 1. The number of nitrogens with zero attached hydrogens (tertiary/aromatic N) is 2. The van der Waals surface area contributed by atoms with Crippen molar-refractivity contribution in [3.05, 3.63) is 59.2 Å². The molecule has 0 fully saturated rings. The Morgan fingerprint density at radius 3 is 2.53 bits per heavy atom. The van der Waals surface area contributed by atoms with E-state index in [1.165, 1.54) is 0 Å². The number of hydrogen-bond donors (Lipinski definition) is 0. The number of halogens is 1. The zero-order valence-electron chi connectivity index (χ0n) is 8.97. The summed E-state index contributed by atoms with van der Waals surface area (Å²) >= 11 is 3.50. The molecule has 0 bridgehead atoms. The first kappa shape index (κ1) is 10.4. The van der Waals surface area contributed by atoms with Crippen molar-refractivity contribution >= 4 is 27.0 Å². The molecule has 2 nitrogen and oxygen atoms in total. The van der Waals surface area contributed by atoms with Crippen LogP contribution in [0.4, 0.5) is 0 Å². The molecule has 3 heteroatoms. The van der Waals surface area contributed by atoms with Crippen molar-refractivity contribution < 1.29 is 0 Å². The van der Waals surface area contributed by atoms with Crippen LogP contribution >= 0.6 is 15.9 Å². The van der Waals surface area contributed by atoms with Gasteiger partial charge in [0.25, 0.3) is 0 Å². The number of fused-ring (bicyclic) bond motifs is 1. The molecule has 0 saturated carbocycles. The van der Waals surface area contributed by atoms with Crippen molar-refractivity contribution in [3.63, 3.8) is 0 Å². The minimum Gasteiger partial charge on any atom is -0.252 e. The molecule has 0 amide bonds. The van der Waals surface area contributed by atoms with Crippen LogP contribution in [0.25, 0.3) is 22.3 Å². The Bertz CT molecular complexity index is 665. The molecule has 0 saturated heterocycles. The van der Waals surface area contributed by atoms with E-state index in [1.54, 1.807) is 0 Å². The Morgan fingerprint density at radius 1 is 0.882 bits per heavy atom. The van der Waals surface area contributed by atoms with E-state index in [0.717, 1.165) is 26.8 Å². The first-order valence-corrected chi connectivity index (χ1v) is 6.10. The van der Waals surface area contributed by atoms with Crippen molar-refractivity contribution in [3.8, 4) is 11.3 Å². The molecular weight excluding hydrogens is 276 g/mol. The molecular formula is C14H9BrN2. The first-order valence-electron chi connectivity index (χ1n) is 5.31. The molecule has 0 atom stereocenters. The van der Waals surface area contributed by atoms with Crippen LogP contribution in [-0.4, -0.2) is 9.97 Å². The number of aromatic nitrogens is 2. The van der Waals surface area contributed by atoms with Gasteiger partial charge in [0.05, 0.1) is 17.4 Å². The summed E-state index contributed by atoms with van der Waals surface area (Å²) in [5, 5.41) is 0. The summed E-state index contributed by atoms with van der Waals surface area (Å²) in [6.07, 6.45) is 1.81. The minimum atomic E-state index is 0.894. The zero-order chi connectivity index (χ0) is 11.7. The van der Waals surface area contributed by atoms with E-state index >= 15 is 0 Å². The van der Waals surface area contributed by atoms with E-state index in [4.69, 9.17) is 0 Å². The van der Waals surface area contributed by atoms with Crippen LogP contribution in [0.1, 0.15) is 0 Å². The quantitative estimate of drug-likeness (QED) is 0.673. The average molecular weight is 285 g/mol. The van der Waals surface area contributed by atoms with Crippen LogP contribution in [0.2, 0.25) is 0 Å². The number of para-hydroxylation sites is 1. The highest BCUT2D eigenvalue weighted by Crippen LogP contribution is 2.23. The number of benzene rings is 2. The molecule has 0 aliphatic carbocycles. The fourth-order valence-electron chi connectivity index (χ4n) is 1.75. The second-order valence-electron chi connectivity index (χ2n) is 3.73. The predicted octanol–water partition coefficient (Wildman–Crippen LogP) is 4.06. The SMILES string of the molecule is Brc1cccc2ncc(-c3ccccc3)nc12. The van der Waals surface area contributed by atoms with Gasteiger partial charge in [-0.3, -0.25) is 4.98 Å². The zero-order valence-corrected chi connectivity index (χ0v) is 10.6. The summed E-state index contributed by atoms with van der Waals surface area (Å²) in [6, 6.07) is 16.0. The van der Waals surface area contributed by atoms with Gasteiger partial charge in [0.2, 0.25) is 0 Å². The Morgan fingerprint density at radius 2 is 1.71 bits per heavy atom. The van der Waals surface area contributed by atoms with Crippen LogP contribution in [0, 0.1) is 0 Å². The maximum atomic E-state index is 4.64. The van der Waals surface area contributed by atoms with Crippen LogP contribution < -0.4 is 0 Å². The van der Waals surface area contributed by atoms with Crippen molar-refractivity contribution in [2.24, 2.45) is 0 Å². The molecule has 0 unspecified atom stereocenters. The molecule has 1 heterocycles. The van der Waals surface area contributed by atoms with E-state index in [0.29, 0.717) is 0 Å². The fraction of sp³-hybridized carbons (Fsp3) is 0. The highest BCUT2D eigenvalue weighted by Gasteiger charge is 2.04. The lowest BCUT2D eigenvalue weighted by atomic mass is 10.1. The van der Waals surface area contributed by atoms with Gasteiger partial charge in [0.15, 0.2) is 0 Å². The maximum Gasteiger partial charge on any atom is 0.104 e. The van der Waals surface area contributed by atoms with Crippen molar-refractivity contribution in [2.75, 3.05) is 0 Å². The van der Waals surface area contributed by atoms with E-state index in [9.17, 15) is 0 Å². The van der Waals surface area contributed by atoms with Gasteiger partial charge in [-0.2, -0.15) is 0 Å². The molecule has 0 radical (unpaired) electrons. The predicted molar refractivity (Wildman–Crippen MR) is 72.7 cm³/mol. The largest absolute Gasteiger partial charge is 0.252 e. The Labute approximate surface area is 107 Å². The van der Waals surface area contributed by atoms with E-state index in [2.05, 4.69) is 25.9 Å². The summed E-state index contributed by atoms with van der Waals surface area (Å²) in [5.74, 6) is 0. The van der Waals surface area contributed by atoms with Crippen LogP contribution in [0.15, 0.2) is 59.2 Å². The molecule has 1 aromatic heterocycles. The smallest absolute Gasteiger partial charge is 0.104 e. The van der Waals surface area contributed by atoms with Crippen molar-refractivity contribution in [1.82, 2.24) is 9.97 Å². The fourth-order valence-corrected chi connectivity index (χ4v) is 2.19. The molecule has 0 N–H and O–H groups in total.